The number of phosphoric acid groups is 3. The molecule has 1 saturated heterocycles. The van der Waals surface area contributed by atoms with Gasteiger partial charge in [0.25, 0.3) is 5.91 Å². The highest BCUT2D eigenvalue weighted by atomic mass is 31.3. The van der Waals surface area contributed by atoms with Gasteiger partial charge in [-0.25, -0.2) is 18.5 Å². The third kappa shape index (κ3) is 16.7. The molecule has 2 aromatic rings. The Hall–Kier alpha value is -4.66. The van der Waals surface area contributed by atoms with E-state index in [4.69, 9.17) is 40.0 Å². The zero-order valence-electron chi connectivity index (χ0n) is 30.6. The van der Waals surface area contributed by atoms with Gasteiger partial charge in [0.05, 0.1) is 24.8 Å². The maximum Gasteiger partial charge on any atom is 0.490 e. The van der Waals surface area contributed by atoms with E-state index in [-0.39, 0.29) is 42.6 Å². The third-order valence-corrected chi connectivity index (χ3v) is 10.9. The van der Waals surface area contributed by atoms with Gasteiger partial charge in [-0.1, -0.05) is 29.6 Å². The molecular formula is C29H40N9O17P3. The monoisotopic (exact) mass is 879 g/mol. The Bertz CT molecular complexity index is 2120. The van der Waals surface area contributed by atoms with Gasteiger partial charge in [-0.3, -0.25) is 18.7 Å². The fourth-order valence-corrected chi connectivity index (χ4v) is 7.68. The summed E-state index contributed by atoms with van der Waals surface area (Å²) in [5.41, 5.74) is 15.0. The number of nitrogens with one attached hydrogen (secondary N) is 3. The third-order valence-electron chi connectivity index (χ3n) is 7.10. The molecule has 1 aliphatic heterocycles. The maximum absolute atomic E-state index is 12.7. The smallest absolute Gasteiger partial charge is 0.490 e. The number of anilines is 1. The van der Waals surface area contributed by atoms with Crippen LogP contribution in [-0.2, 0) is 45.8 Å². The van der Waals surface area contributed by atoms with Crippen LogP contribution in [0, 0.1) is 11.8 Å². The number of nitrogen functional groups attached to an aromatic ring is 1. The van der Waals surface area contributed by atoms with Crippen LogP contribution < -0.4 is 32.1 Å². The van der Waals surface area contributed by atoms with Crippen molar-refractivity contribution in [1.82, 2.24) is 25.5 Å². The first-order valence-corrected chi connectivity index (χ1v) is 20.9. The molecule has 2 heterocycles. The summed E-state index contributed by atoms with van der Waals surface area (Å²) in [5, 5.41) is 11.7. The van der Waals surface area contributed by atoms with Gasteiger partial charge in [-0.2, -0.15) is 13.6 Å². The molecule has 1 aliphatic rings. The first-order valence-electron chi connectivity index (χ1n) is 16.4. The van der Waals surface area contributed by atoms with Crippen molar-refractivity contribution >= 4 is 41.1 Å². The number of benzene rings is 1. The van der Waals surface area contributed by atoms with Crippen molar-refractivity contribution in [2.75, 3.05) is 52.3 Å². The quantitative estimate of drug-likeness (QED) is 0.0200. The lowest BCUT2D eigenvalue weighted by Gasteiger charge is -2.20. The van der Waals surface area contributed by atoms with Crippen LogP contribution in [0.4, 0.5) is 5.82 Å². The number of hydrogen-bond donors (Lipinski definition) is 8. The highest BCUT2D eigenvalue weighted by Gasteiger charge is 2.43. The zero-order valence-corrected chi connectivity index (χ0v) is 33.3. The van der Waals surface area contributed by atoms with Crippen molar-refractivity contribution < 1.29 is 75.0 Å². The highest BCUT2D eigenvalue weighted by Crippen LogP contribution is 2.66. The molecule has 1 fully saturated rings. The number of hydrogen-bond acceptors (Lipinski definition) is 17. The van der Waals surface area contributed by atoms with Crippen molar-refractivity contribution in [2.45, 2.75) is 38.0 Å². The second kappa shape index (κ2) is 21.9. The average Bonchev–Trinajstić information content (AvgIpc) is 3.54. The Morgan fingerprint density at radius 3 is 2.57 bits per heavy atom. The van der Waals surface area contributed by atoms with E-state index >= 15 is 0 Å². The predicted molar refractivity (Wildman–Crippen MR) is 198 cm³/mol. The van der Waals surface area contributed by atoms with Gasteiger partial charge in [-0.05, 0) is 30.7 Å². The summed E-state index contributed by atoms with van der Waals surface area (Å²) in [6, 6.07) is 6.23. The Balaban J connectivity index is 1.53. The van der Waals surface area contributed by atoms with Crippen molar-refractivity contribution in [3.05, 3.63) is 74.8 Å². The van der Waals surface area contributed by atoms with Crippen LogP contribution in [0.5, 0.6) is 5.75 Å². The van der Waals surface area contributed by atoms with Crippen LogP contribution in [0.1, 0.15) is 35.5 Å². The lowest BCUT2D eigenvalue weighted by atomic mass is 10.2. The highest BCUT2D eigenvalue weighted by molar-refractivity contribution is 7.66. The standard InChI is InChI=1S/C29H40N9O17P3/c1-18(2)32-10-11-34-28(40)19-6-4-8-21(12-19)50-17-25(36-37-31)51-16-24(39)33-9-5-7-20-14-38(29(41)35-27(20)30)26-13-22(49-3)23(53-26)15-52-57(45,46)55-58(47,48)54-56(42,43)44/h4,6,8,12,14,22-23,25-26,32H,1,9-11,13,15-17H2,2-3H3,(H,33,39)(H,34,40)(H,45,46)(H,47,48)(H2,30,35,41)(H2,42,43,44)/t22-,23?,25?,26?/m0/s1. The second-order valence-corrected chi connectivity index (χ2v) is 16.0. The summed E-state index contributed by atoms with van der Waals surface area (Å²) in [5.74, 6) is 4.27. The van der Waals surface area contributed by atoms with Crippen LogP contribution in [-0.4, -0.2) is 106 Å². The predicted octanol–water partition coefficient (Wildman–Crippen LogP) is 0.524. The molecule has 6 atom stereocenters. The van der Waals surface area contributed by atoms with E-state index in [0.717, 1.165) is 10.3 Å². The van der Waals surface area contributed by atoms with Crippen molar-refractivity contribution in [2.24, 2.45) is 5.11 Å². The number of rotatable bonds is 22. The largest absolute Gasteiger partial charge is 0.491 e. The normalized spacial score (nSPS) is 18.9. The van der Waals surface area contributed by atoms with Gasteiger partial charge in [0.15, 0.2) is 6.23 Å². The molecule has 1 aromatic carbocycles. The first kappa shape index (κ1) is 47.7. The molecule has 0 radical (unpaired) electrons. The minimum Gasteiger partial charge on any atom is -0.491 e. The topological polar surface area (TPSA) is 377 Å². The van der Waals surface area contributed by atoms with Gasteiger partial charge < -0.3 is 60.2 Å². The second-order valence-electron chi connectivity index (χ2n) is 11.6. The Kier molecular flexibility index (Phi) is 18.0. The van der Waals surface area contributed by atoms with E-state index < -0.39 is 72.9 Å². The van der Waals surface area contributed by atoms with Crippen molar-refractivity contribution in [3.8, 4) is 17.6 Å². The van der Waals surface area contributed by atoms with E-state index in [1.54, 1.807) is 25.1 Å². The molecule has 318 valence electrons. The van der Waals surface area contributed by atoms with Gasteiger partial charge >= 0.3 is 29.2 Å². The number of azide groups is 1. The van der Waals surface area contributed by atoms with Crippen LogP contribution in [0.25, 0.3) is 10.4 Å². The van der Waals surface area contributed by atoms with E-state index in [1.807, 2.05) is 0 Å². The molecule has 1 aromatic heterocycles. The number of carbonyl (C=O) groups is 2. The molecule has 58 heavy (non-hydrogen) atoms. The number of nitrogens with two attached hydrogens (primary N) is 1. The van der Waals surface area contributed by atoms with Crippen molar-refractivity contribution in [1.29, 1.82) is 0 Å². The molecule has 3 rings (SSSR count). The minimum absolute atomic E-state index is 0.0290. The Morgan fingerprint density at radius 2 is 1.90 bits per heavy atom. The zero-order chi connectivity index (χ0) is 43.1. The van der Waals surface area contributed by atoms with E-state index in [9.17, 15) is 37.9 Å². The number of carbonyl (C=O) groups excluding carboxylic acids is 2. The molecule has 9 N–H and O–H groups in total. The molecule has 2 amide bonds. The first-order chi connectivity index (χ1) is 27.2. The number of nitrogens with zero attached hydrogens (tertiary/aromatic N) is 5. The number of methoxy groups -OCH3 is 1. The Morgan fingerprint density at radius 1 is 1.17 bits per heavy atom. The fraction of sp³-hybridized carbons (Fsp3) is 0.448. The number of phosphoric ester groups is 1. The average molecular weight is 880 g/mol. The van der Waals surface area contributed by atoms with Crippen LogP contribution in [0.2, 0.25) is 0 Å². The van der Waals surface area contributed by atoms with Crippen LogP contribution in [0.15, 0.2) is 52.6 Å². The van der Waals surface area contributed by atoms with E-state index in [2.05, 4.69) is 62.5 Å². The Labute approximate surface area is 329 Å². The maximum atomic E-state index is 12.7. The fourth-order valence-electron chi connectivity index (χ4n) is 4.65. The molecule has 0 spiro atoms. The summed E-state index contributed by atoms with van der Waals surface area (Å²) in [4.78, 5) is 80.4. The number of allylic oxidation sites excluding steroid dienone is 1. The van der Waals surface area contributed by atoms with Crippen LogP contribution in [0.3, 0.4) is 0 Å². The summed E-state index contributed by atoms with van der Waals surface area (Å²) >= 11 is 0. The summed E-state index contributed by atoms with van der Waals surface area (Å²) in [6.45, 7) is 4.42. The minimum atomic E-state index is -5.76. The molecule has 29 heteroatoms. The number of aromatic nitrogens is 2. The van der Waals surface area contributed by atoms with Crippen molar-refractivity contribution in [3.63, 3.8) is 0 Å². The molecule has 26 nitrogen and oxygen atoms in total. The van der Waals surface area contributed by atoms with Gasteiger partial charge in [0.2, 0.25) is 5.91 Å². The van der Waals surface area contributed by atoms with Gasteiger partial charge in [-0.15, -0.1) is 0 Å². The van der Waals surface area contributed by atoms with E-state index in [1.165, 1.54) is 19.4 Å². The molecule has 0 aliphatic carbocycles. The summed E-state index contributed by atoms with van der Waals surface area (Å²) < 4.78 is 69.5. The van der Waals surface area contributed by atoms with Crippen LogP contribution >= 0.6 is 23.5 Å². The van der Waals surface area contributed by atoms with E-state index in [0.29, 0.717) is 18.7 Å². The number of amides is 2. The van der Waals surface area contributed by atoms with Gasteiger partial charge in [0, 0.05) is 49.0 Å². The SMILES string of the molecule is C=C(C)NCCNC(=O)c1cccc(OCC(N=[N+]=[N-])OCC(=O)NCC#Cc2cn(C3C[C@H](OC)C(COP(=O)(O)OP(=O)(O)OP(=O)(O)O)O3)c(=O)nc2N)c1. The van der Waals surface area contributed by atoms with Gasteiger partial charge in [0.1, 0.15) is 37.1 Å². The summed E-state index contributed by atoms with van der Waals surface area (Å²) in [7, 11) is -15.6. The molecule has 5 unspecified atom stereocenters. The number of ether oxygens (including phenoxy) is 4. The summed E-state index contributed by atoms with van der Waals surface area (Å²) in [6.07, 6.45) is -3.32. The lowest BCUT2D eigenvalue weighted by molar-refractivity contribution is -0.127. The molecular weight excluding hydrogens is 839 g/mol. The molecule has 0 bridgehead atoms. The lowest BCUT2D eigenvalue weighted by Crippen LogP contribution is -2.31. The molecule has 0 saturated carbocycles.